The van der Waals surface area contributed by atoms with Gasteiger partial charge in [-0.05, 0) is 36.8 Å². The molecule has 2 fully saturated rings. The maximum Gasteiger partial charge on any atom is 0.255 e. The summed E-state index contributed by atoms with van der Waals surface area (Å²) in [6.45, 7) is 0.707. The molecule has 0 aromatic heterocycles. The fourth-order valence-corrected chi connectivity index (χ4v) is 3.69. The summed E-state index contributed by atoms with van der Waals surface area (Å²) in [6, 6.07) is 6.49. The average molecular weight is 419 g/mol. The van der Waals surface area contributed by atoms with Crippen molar-refractivity contribution < 1.29 is 28.3 Å². The van der Waals surface area contributed by atoms with E-state index in [1.165, 1.54) is 6.07 Å². The van der Waals surface area contributed by atoms with E-state index in [0.717, 1.165) is 4.90 Å². The van der Waals surface area contributed by atoms with Crippen molar-refractivity contribution >= 4 is 23.6 Å². The molecule has 0 aliphatic carbocycles. The number of nitrogens with zero attached hydrogens (tertiary/aromatic N) is 2. The summed E-state index contributed by atoms with van der Waals surface area (Å²) in [7, 11) is 0. The number of benzene rings is 1. The van der Waals surface area contributed by atoms with Gasteiger partial charge in [-0.15, -0.1) is 0 Å². The van der Waals surface area contributed by atoms with E-state index in [0.29, 0.717) is 50.9 Å². The molecule has 4 amide bonds. The van der Waals surface area contributed by atoms with Gasteiger partial charge >= 0.3 is 0 Å². The van der Waals surface area contributed by atoms with Gasteiger partial charge in [0.2, 0.25) is 11.8 Å². The number of piperidine rings is 1. The van der Waals surface area contributed by atoms with Gasteiger partial charge in [-0.25, -0.2) is 4.39 Å². The number of rotatable bonds is 7. The molecular formula is C21H26FN3O5. The van der Waals surface area contributed by atoms with E-state index in [1.807, 2.05) is 0 Å². The second-order valence-corrected chi connectivity index (χ2v) is 7.59. The van der Waals surface area contributed by atoms with Crippen molar-refractivity contribution in [3.63, 3.8) is 0 Å². The molecule has 0 atom stereocenters. The quantitative estimate of drug-likeness (QED) is 0.650. The average Bonchev–Trinajstić information content (AvgIpc) is 2.72. The molecule has 0 unspecified atom stereocenters. The highest BCUT2D eigenvalue weighted by Gasteiger charge is 2.31. The molecule has 30 heavy (non-hydrogen) atoms. The number of carbonyl (C=O) groups excluding carboxylic acids is 4. The predicted octanol–water partition coefficient (Wildman–Crippen LogP) is 0.499. The van der Waals surface area contributed by atoms with Crippen LogP contribution in [-0.2, 0) is 30.3 Å². The molecule has 2 heterocycles. The first-order valence-corrected chi connectivity index (χ1v) is 10.1. The minimum atomic E-state index is -0.499. The van der Waals surface area contributed by atoms with Crippen LogP contribution in [0.5, 0.6) is 0 Å². The van der Waals surface area contributed by atoms with Gasteiger partial charge < -0.3 is 15.0 Å². The fourth-order valence-electron chi connectivity index (χ4n) is 3.69. The first-order valence-electron chi connectivity index (χ1n) is 10.1. The summed E-state index contributed by atoms with van der Waals surface area (Å²) in [5.74, 6) is -1.46. The lowest BCUT2D eigenvalue weighted by Gasteiger charge is -2.33. The molecule has 2 aliphatic heterocycles. The largest absolute Gasteiger partial charge is 0.362 e. The number of hydrogen-bond donors (Lipinski definition) is 1. The molecular weight excluding hydrogens is 393 g/mol. The molecule has 1 aromatic rings. The van der Waals surface area contributed by atoms with Gasteiger partial charge in [-0.2, -0.15) is 0 Å². The minimum Gasteiger partial charge on any atom is -0.362 e. The highest BCUT2D eigenvalue weighted by Crippen LogP contribution is 2.21. The van der Waals surface area contributed by atoms with Crippen LogP contribution < -0.4 is 5.32 Å². The van der Waals surface area contributed by atoms with E-state index in [9.17, 15) is 23.6 Å². The van der Waals surface area contributed by atoms with Crippen molar-refractivity contribution in [3.05, 3.63) is 35.6 Å². The summed E-state index contributed by atoms with van der Waals surface area (Å²) in [6.07, 6.45) is 2.15. The second-order valence-electron chi connectivity index (χ2n) is 7.59. The molecule has 3 rings (SSSR count). The lowest BCUT2D eigenvalue weighted by atomic mass is 9.93. The summed E-state index contributed by atoms with van der Waals surface area (Å²) in [5, 5.41) is 2.82. The van der Waals surface area contributed by atoms with Crippen LogP contribution >= 0.6 is 0 Å². The number of ether oxygens (including phenoxy) is 1. The Kier molecular flexibility index (Phi) is 7.51. The van der Waals surface area contributed by atoms with E-state index in [1.54, 1.807) is 23.1 Å². The first-order chi connectivity index (χ1) is 14.4. The number of morpholine rings is 1. The zero-order valence-electron chi connectivity index (χ0n) is 16.8. The molecule has 1 N–H and O–H groups in total. The summed E-state index contributed by atoms with van der Waals surface area (Å²) < 4.78 is 18.4. The van der Waals surface area contributed by atoms with Gasteiger partial charge in [-0.1, -0.05) is 18.2 Å². The molecule has 9 heteroatoms. The van der Waals surface area contributed by atoms with Crippen molar-refractivity contribution in [2.45, 2.75) is 25.7 Å². The number of halogens is 1. The Morgan fingerprint density at radius 3 is 2.43 bits per heavy atom. The molecule has 2 saturated heterocycles. The first kappa shape index (κ1) is 21.9. The van der Waals surface area contributed by atoms with Crippen LogP contribution in [0.1, 0.15) is 24.8 Å². The molecule has 0 spiro atoms. The van der Waals surface area contributed by atoms with E-state index in [4.69, 9.17) is 4.74 Å². The van der Waals surface area contributed by atoms with Crippen LogP contribution in [-0.4, -0.2) is 72.8 Å². The van der Waals surface area contributed by atoms with Crippen molar-refractivity contribution in [2.75, 3.05) is 39.4 Å². The summed E-state index contributed by atoms with van der Waals surface area (Å²) in [4.78, 5) is 50.6. The third-order valence-electron chi connectivity index (χ3n) is 5.46. The number of hydrogen-bond acceptors (Lipinski definition) is 5. The minimum absolute atomic E-state index is 0.0828. The third-order valence-corrected chi connectivity index (χ3v) is 5.46. The van der Waals surface area contributed by atoms with Gasteiger partial charge in [0.05, 0.1) is 0 Å². The van der Waals surface area contributed by atoms with Crippen LogP contribution in [0.3, 0.4) is 0 Å². The monoisotopic (exact) mass is 419 g/mol. The van der Waals surface area contributed by atoms with Crippen LogP contribution in [0, 0.1) is 11.7 Å². The second kappa shape index (κ2) is 10.3. The Hall–Kier alpha value is -2.81. The van der Waals surface area contributed by atoms with Gasteiger partial charge in [0, 0.05) is 26.1 Å². The maximum atomic E-state index is 13.6. The number of imide groups is 1. The van der Waals surface area contributed by atoms with Crippen molar-refractivity contribution in [1.82, 2.24) is 15.1 Å². The van der Waals surface area contributed by atoms with E-state index < -0.39 is 11.8 Å². The van der Waals surface area contributed by atoms with Crippen LogP contribution in [0.2, 0.25) is 0 Å². The number of carbonyl (C=O) groups is 4. The van der Waals surface area contributed by atoms with Crippen LogP contribution in [0.15, 0.2) is 24.3 Å². The third kappa shape index (κ3) is 5.85. The molecule has 162 valence electrons. The summed E-state index contributed by atoms with van der Waals surface area (Å²) >= 11 is 0. The van der Waals surface area contributed by atoms with E-state index in [-0.39, 0.29) is 43.3 Å². The Labute approximate surface area is 174 Å². The SMILES string of the molecule is O=C(CC1CCN(C(=O)CN2C(=O)COCC2=O)CC1)NCCc1ccccc1F. The standard InChI is InChI=1S/C21H26FN3O5/c22-17-4-2-1-3-16(17)5-8-23-18(26)11-15-6-9-24(10-7-15)19(27)12-25-20(28)13-30-14-21(25)29/h1-4,15H,5-14H2,(H,23,26). The highest BCUT2D eigenvalue weighted by molar-refractivity contribution is 6.01. The lowest BCUT2D eigenvalue weighted by molar-refractivity contribution is -0.162. The molecule has 8 nitrogen and oxygen atoms in total. The lowest BCUT2D eigenvalue weighted by Crippen LogP contribution is -2.52. The van der Waals surface area contributed by atoms with Crippen molar-refractivity contribution in [1.29, 1.82) is 0 Å². The van der Waals surface area contributed by atoms with Crippen molar-refractivity contribution in [2.24, 2.45) is 5.92 Å². The topological polar surface area (TPSA) is 96.0 Å². The maximum absolute atomic E-state index is 13.6. The van der Waals surface area contributed by atoms with Crippen LogP contribution in [0.4, 0.5) is 4.39 Å². The van der Waals surface area contributed by atoms with E-state index >= 15 is 0 Å². The van der Waals surface area contributed by atoms with Gasteiger partial charge in [-0.3, -0.25) is 24.1 Å². The smallest absolute Gasteiger partial charge is 0.255 e. The Balaban J connectivity index is 1.36. The normalized spacial score (nSPS) is 17.9. The van der Waals surface area contributed by atoms with Gasteiger partial charge in [0.15, 0.2) is 0 Å². The number of amides is 4. The fraction of sp³-hybridized carbons (Fsp3) is 0.524. The molecule has 0 radical (unpaired) electrons. The van der Waals surface area contributed by atoms with Gasteiger partial charge in [0.1, 0.15) is 25.6 Å². The molecule has 0 saturated carbocycles. The van der Waals surface area contributed by atoms with E-state index in [2.05, 4.69) is 5.32 Å². The Morgan fingerprint density at radius 2 is 1.77 bits per heavy atom. The number of likely N-dealkylation sites (tertiary alicyclic amines) is 1. The zero-order valence-corrected chi connectivity index (χ0v) is 16.8. The Bertz CT molecular complexity index is 792. The highest BCUT2D eigenvalue weighted by atomic mass is 19.1. The number of nitrogens with one attached hydrogen (secondary N) is 1. The summed E-state index contributed by atoms with van der Waals surface area (Å²) in [5.41, 5.74) is 0.571. The van der Waals surface area contributed by atoms with Crippen LogP contribution in [0.25, 0.3) is 0 Å². The predicted molar refractivity (Wildman–Crippen MR) is 105 cm³/mol. The molecule has 1 aromatic carbocycles. The zero-order chi connectivity index (χ0) is 21.5. The van der Waals surface area contributed by atoms with Gasteiger partial charge in [0.25, 0.3) is 11.8 Å². The molecule has 2 aliphatic rings. The Morgan fingerprint density at radius 1 is 1.10 bits per heavy atom. The molecule has 0 bridgehead atoms. The van der Waals surface area contributed by atoms with Crippen molar-refractivity contribution in [3.8, 4) is 0 Å².